The number of allylic oxidation sites excluding steroid dienone is 1. The highest BCUT2D eigenvalue weighted by Gasteiger charge is 1.96. The molecule has 0 aromatic rings. The topological polar surface area (TPSA) is 9.23 Å². The normalized spacial score (nSPS) is 10.8. The average molecular weight is 375 g/mol. The maximum atomic E-state index is 5.63. The number of alkyl halides is 1. The first kappa shape index (κ1) is 22.0. The van der Waals surface area contributed by atoms with Crippen LogP contribution in [-0.2, 0) is 4.74 Å². The Kier molecular flexibility index (Phi) is 19.1. The predicted molar refractivity (Wildman–Crippen MR) is 104 cm³/mol. The highest BCUT2D eigenvalue weighted by atomic mass is 79.9. The fourth-order valence-electron chi connectivity index (χ4n) is 2.67. The summed E-state index contributed by atoms with van der Waals surface area (Å²) in [6, 6.07) is 0. The molecule has 2 heteroatoms. The second-order valence-electron chi connectivity index (χ2n) is 6.42. The van der Waals surface area contributed by atoms with Crippen LogP contribution in [0, 0.1) is 0 Å². The average Bonchev–Trinajstić information content (AvgIpc) is 2.53. The highest BCUT2D eigenvalue weighted by molar-refractivity contribution is 9.09. The quantitative estimate of drug-likeness (QED) is 0.135. The lowest BCUT2D eigenvalue weighted by atomic mass is 10.0. The Labute approximate surface area is 148 Å². The number of unbranched alkanes of at least 4 members (excludes halogenated alkanes) is 12. The molecule has 132 valence electrons. The third-order valence-corrected chi connectivity index (χ3v) is 4.70. The summed E-state index contributed by atoms with van der Waals surface area (Å²) in [5.41, 5.74) is 0. The molecular formula is C20H39BrO. The molecule has 0 aromatic carbocycles. The lowest BCUT2D eigenvalue weighted by Gasteiger charge is -2.08. The third kappa shape index (κ3) is 18.1. The summed E-state index contributed by atoms with van der Waals surface area (Å²) in [7, 11) is 0. The van der Waals surface area contributed by atoms with E-state index in [0.29, 0.717) is 0 Å². The molecule has 1 nitrogen and oxygen atoms in total. The molecule has 0 unspecified atom stereocenters. The van der Waals surface area contributed by atoms with Crippen molar-refractivity contribution in [1.82, 2.24) is 0 Å². The van der Waals surface area contributed by atoms with Gasteiger partial charge in [0.2, 0.25) is 0 Å². The van der Waals surface area contributed by atoms with Crippen LogP contribution < -0.4 is 0 Å². The van der Waals surface area contributed by atoms with Crippen molar-refractivity contribution in [2.24, 2.45) is 0 Å². The van der Waals surface area contributed by atoms with E-state index in [0.717, 1.165) is 30.5 Å². The standard InChI is InChI=1S/C20H39BrO/c1-3-4-5-6-7-8-9-10-11-12-13-14-15-19-22-20(2)17-16-18-21/h2-19H2,1H3. The van der Waals surface area contributed by atoms with Crippen molar-refractivity contribution in [2.75, 3.05) is 11.9 Å². The van der Waals surface area contributed by atoms with E-state index in [1.54, 1.807) is 0 Å². The monoisotopic (exact) mass is 374 g/mol. The van der Waals surface area contributed by atoms with Gasteiger partial charge in [-0.15, -0.1) is 0 Å². The largest absolute Gasteiger partial charge is 0.499 e. The van der Waals surface area contributed by atoms with Crippen LogP contribution in [0.4, 0.5) is 0 Å². The molecule has 0 aliphatic rings. The minimum atomic E-state index is 0.860. The van der Waals surface area contributed by atoms with E-state index >= 15 is 0 Å². The SMILES string of the molecule is C=C(CCCBr)OCCCCCCCCCCCCCCC. The van der Waals surface area contributed by atoms with Crippen LogP contribution in [0.2, 0.25) is 0 Å². The first-order valence-electron chi connectivity index (χ1n) is 9.67. The Bertz CT molecular complexity index is 228. The number of hydrogen-bond donors (Lipinski definition) is 0. The Morgan fingerprint density at radius 3 is 1.64 bits per heavy atom. The molecule has 0 spiro atoms. The summed E-state index contributed by atoms with van der Waals surface area (Å²) >= 11 is 3.43. The van der Waals surface area contributed by atoms with Gasteiger partial charge in [-0.25, -0.2) is 0 Å². The molecule has 0 atom stereocenters. The minimum absolute atomic E-state index is 0.860. The molecule has 0 rings (SSSR count). The Morgan fingerprint density at radius 1 is 0.727 bits per heavy atom. The van der Waals surface area contributed by atoms with Gasteiger partial charge in [0.1, 0.15) is 0 Å². The van der Waals surface area contributed by atoms with Gasteiger partial charge in [-0.05, 0) is 12.8 Å². The van der Waals surface area contributed by atoms with Gasteiger partial charge in [-0.2, -0.15) is 0 Å². The maximum Gasteiger partial charge on any atom is 0.0888 e. The fourth-order valence-corrected chi connectivity index (χ4v) is 2.95. The summed E-state index contributed by atoms with van der Waals surface area (Å²) in [4.78, 5) is 0. The van der Waals surface area contributed by atoms with E-state index in [1.165, 1.54) is 83.5 Å². The number of hydrogen-bond acceptors (Lipinski definition) is 1. The van der Waals surface area contributed by atoms with Crippen molar-refractivity contribution < 1.29 is 4.74 Å². The van der Waals surface area contributed by atoms with Gasteiger partial charge in [-0.1, -0.05) is 106 Å². The first-order chi connectivity index (χ1) is 10.8. The van der Waals surface area contributed by atoms with E-state index in [4.69, 9.17) is 4.74 Å². The van der Waals surface area contributed by atoms with Crippen molar-refractivity contribution in [3.8, 4) is 0 Å². The highest BCUT2D eigenvalue weighted by Crippen LogP contribution is 2.13. The molecule has 0 fully saturated rings. The molecule has 0 aromatic heterocycles. The van der Waals surface area contributed by atoms with E-state index in [-0.39, 0.29) is 0 Å². The molecular weight excluding hydrogens is 336 g/mol. The van der Waals surface area contributed by atoms with Crippen LogP contribution in [-0.4, -0.2) is 11.9 Å². The second-order valence-corrected chi connectivity index (χ2v) is 7.22. The van der Waals surface area contributed by atoms with Gasteiger partial charge in [-0.3, -0.25) is 0 Å². The van der Waals surface area contributed by atoms with Crippen LogP contribution in [0.15, 0.2) is 12.3 Å². The Balaban J connectivity index is 3.04. The zero-order chi connectivity index (χ0) is 16.3. The number of ether oxygens (including phenoxy) is 1. The van der Waals surface area contributed by atoms with Crippen LogP contribution in [0.3, 0.4) is 0 Å². The summed E-state index contributed by atoms with van der Waals surface area (Å²) in [6.45, 7) is 7.09. The zero-order valence-electron chi connectivity index (χ0n) is 15.0. The second kappa shape index (κ2) is 19.1. The molecule has 0 radical (unpaired) electrons. The van der Waals surface area contributed by atoms with E-state index in [1.807, 2.05) is 0 Å². The zero-order valence-corrected chi connectivity index (χ0v) is 16.6. The molecule has 0 N–H and O–H groups in total. The summed E-state index contributed by atoms with van der Waals surface area (Å²) in [5, 5.41) is 1.04. The van der Waals surface area contributed by atoms with Gasteiger partial charge in [0, 0.05) is 11.8 Å². The van der Waals surface area contributed by atoms with Crippen LogP contribution in [0.25, 0.3) is 0 Å². The van der Waals surface area contributed by atoms with Gasteiger partial charge in [0.15, 0.2) is 0 Å². The van der Waals surface area contributed by atoms with Crippen molar-refractivity contribution in [1.29, 1.82) is 0 Å². The molecule has 0 bridgehead atoms. The summed E-state index contributed by atoms with van der Waals surface area (Å²) in [6.07, 6.45) is 20.3. The third-order valence-electron chi connectivity index (χ3n) is 4.14. The minimum Gasteiger partial charge on any atom is -0.499 e. The van der Waals surface area contributed by atoms with Crippen molar-refractivity contribution >= 4 is 15.9 Å². The van der Waals surface area contributed by atoms with E-state index < -0.39 is 0 Å². The van der Waals surface area contributed by atoms with E-state index in [2.05, 4.69) is 29.4 Å². The lowest BCUT2D eigenvalue weighted by Crippen LogP contribution is -1.95. The van der Waals surface area contributed by atoms with E-state index in [9.17, 15) is 0 Å². The van der Waals surface area contributed by atoms with Crippen LogP contribution >= 0.6 is 15.9 Å². The number of halogens is 1. The van der Waals surface area contributed by atoms with Gasteiger partial charge < -0.3 is 4.74 Å². The Hall–Kier alpha value is 0.0200. The summed E-state index contributed by atoms with van der Waals surface area (Å²) in [5.74, 6) is 0.957. The van der Waals surface area contributed by atoms with Crippen LogP contribution in [0.5, 0.6) is 0 Å². The number of rotatable bonds is 18. The van der Waals surface area contributed by atoms with Crippen LogP contribution in [0.1, 0.15) is 103 Å². The molecule has 22 heavy (non-hydrogen) atoms. The molecule has 0 saturated carbocycles. The maximum absolute atomic E-state index is 5.63. The predicted octanol–water partition coefficient (Wildman–Crippen LogP) is 7.78. The summed E-state index contributed by atoms with van der Waals surface area (Å²) < 4.78 is 5.63. The first-order valence-corrected chi connectivity index (χ1v) is 10.8. The molecule has 0 heterocycles. The smallest absolute Gasteiger partial charge is 0.0888 e. The van der Waals surface area contributed by atoms with Crippen molar-refractivity contribution in [3.63, 3.8) is 0 Å². The molecule has 0 aliphatic carbocycles. The van der Waals surface area contributed by atoms with Gasteiger partial charge in [0.05, 0.1) is 12.4 Å². The molecule has 0 aliphatic heterocycles. The Morgan fingerprint density at radius 2 is 1.18 bits per heavy atom. The molecule has 0 saturated heterocycles. The van der Waals surface area contributed by atoms with Gasteiger partial charge in [0.25, 0.3) is 0 Å². The van der Waals surface area contributed by atoms with Crippen molar-refractivity contribution in [2.45, 2.75) is 103 Å². The van der Waals surface area contributed by atoms with Gasteiger partial charge >= 0.3 is 0 Å². The lowest BCUT2D eigenvalue weighted by molar-refractivity contribution is 0.196. The van der Waals surface area contributed by atoms with Crippen molar-refractivity contribution in [3.05, 3.63) is 12.3 Å². The fraction of sp³-hybridized carbons (Fsp3) is 0.900. The molecule has 0 amide bonds.